The Morgan fingerprint density at radius 2 is 1.96 bits per heavy atom. The third-order valence-corrected chi connectivity index (χ3v) is 5.17. The molecule has 2 nitrogen and oxygen atoms in total. The Kier molecular flexibility index (Phi) is 5.39. The molecule has 1 atom stereocenters. The molecule has 0 saturated heterocycles. The van der Waals surface area contributed by atoms with Crippen LogP contribution in [0.15, 0.2) is 12.1 Å². The van der Waals surface area contributed by atoms with Crippen LogP contribution in [0.5, 0.6) is 11.5 Å². The smallest absolute Gasteiger partial charge is 0.169 e. The lowest BCUT2D eigenvalue weighted by molar-refractivity contribution is 0.145. The quantitative estimate of drug-likeness (QED) is 0.751. The molecule has 0 radical (unpaired) electrons. The third kappa shape index (κ3) is 4.15. The largest absolute Gasteiger partial charge is 0.493 e. The van der Waals surface area contributed by atoms with E-state index in [-0.39, 0.29) is 11.9 Å². The maximum Gasteiger partial charge on any atom is 0.169 e. The van der Waals surface area contributed by atoms with Gasteiger partial charge in [0.1, 0.15) is 11.9 Å². The van der Waals surface area contributed by atoms with Crippen LogP contribution in [0.4, 0.5) is 8.78 Å². The van der Waals surface area contributed by atoms with Crippen LogP contribution in [0.2, 0.25) is 0 Å². The van der Waals surface area contributed by atoms with Gasteiger partial charge < -0.3 is 9.47 Å². The molecule has 0 spiro atoms. The second-order valence-electron chi connectivity index (χ2n) is 7.09. The Morgan fingerprint density at radius 1 is 1.17 bits per heavy atom. The fraction of sp³-hybridized carbons (Fsp3) is 0.684. The van der Waals surface area contributed by atoms with Crippen molar-refractivity contribution < 1.29 is 18.3 Å². The first-order valence-corrected chi connectivity index (χ1v) is 8.83. The number of aryl methyl sites for hydroxylation is 1. The molecule has 2 aliphatic rings. The molecule has 128 valence electrons. The standard InChI is InChI=1S/C19H26F2O2/c1-13-2-4-14(5-3-13)12-22-17-10-15-6-7-16(8-9-20)23-19(15)18(21)11-17/h10-11,13-14,16H,2-9,12H2,1H3. The number of halogens is 2. The van der Waals surface area contributed by atoms with Gasteiger partial charge in [0.15, 0.2) is 11.6 Å². The topological polar surface area (TPSA) is 18.5 Å². The van der Waals surface area contributed by atoms with E-state index in [2.05, 4.69) is 6.92 Å². The van der Waals surface area contributed by atoms with E-state index in [1.165, 1.54) is 31.7 Å². The van der Waals surface area contributed by atoms with Crippen molar-refractivity contribution in [2.45, 2.75) is 58.0 Å². The zero-order valence-electron chi connectivity index (χ0n) is 13.8. The number of fused-ring (bicyclic) bond motifs is 1. The first kappa shape index (κ1) is 16.5. The molecule has 1 aromatic carbocycles. The van der Waals surface area contributed by atoms with Crippen LogP contribution in [0.1, 0.15) is 51.0 Å². The number of hydrogen-bond acceptors (Lipinski definition) is 2. The highest BCUT2D eigenvalue weighted by Gasteiger charge is 2.24. The van der Waals surface area contributed by atoms with Gasteiger partial charge >= 0.3 is 0 Å². The molecule has 0 amide bonds. The van der Waals surface area contributed by atoms with E-state index in [9.17, 15) is 8.78 Å². The van der Waals surface area contributed by atoms with Crippen LogP contribution in [0.3, 0.4) is 0 Å². The van der Waals surface area contributed by atoms with Crippen molar-refractivity contribution in [2.24, 2.45) is 11.8 Å². The van der Waals surface area contributed by atoms with Crippen LogP contribution in [-0.2, 0) is 6.42 Å². The zero-order chi connectivity index (χ0) is 16.2. The molecular formula is C19H26F2O2. The summed E-state index contributed by atoms with van der Waals surface area (Å²) in [7, 11) is 0. The second kappa shape index (κ2) is 7.50. The van der Waals surface area contributed by atoms with Gasteiger partial charge in [-0.25, -0.2) is 4.39 Å². The van der Waals surface area contributed by atoms with Crippen molar-refractivity contribution >= 4 is 0 Å². The molecule has 1 aliphatic carbocycles. The van der Waals surface area contributed by atoms with Crippen LogP contribution >= 0.6 is 0 Å². The van der Waals surface area contributed by atoms with Crippen molar-refractivity contribution in [1.29, 1.82) is 0 Å². The van der Waals surface area contributed by atoms with Gasteiger partial charge in [0.25, 0.3) is 0 Å². The Bertz CT molecular complexity index is 524. The SMILES string of the molecule is CC1CCC(COc2cc(F)c3c(c2)CCC(CCF)O3)CC1. The summed E-state index contributed by atoms with van der Waals surface area (Å²) in [6.07, 6.45) is 6.49. The summed E-state index contributed by atoms with van der Waals surface area (Å²) in [6.45, 7) is 2.53. The maximum atomic E-state index is 14.3. The van der Waals surface area contributed by atoms with Crippen LogP contribution < -0.4 is 9.47 Å². The van der Waals surface area contributed by atoms with Gasteiger partial charge in [-0.3, -0.25) is 4.39 Å². The predicted octanol–water partition coefficient (Wildman–Crippen LogP) is 5.08. The Balaban J connectivity index is 1.60. The molecule has 0 aromatic heterocycles. The number of hydrogen-bond donors (Lipinski definition) is 0. The van der Waals surface area contributed by atoms with Crippen molar-refractivity contribution in [3.05, 3.63) is 23.5 Å². The first-order chi connectivity index (χ1) is 11.2. The van der Waals surface area contributed by atoms with Crippen LogP contribution in [0.25, 0.3) is 0 Å². The molecule has 1 heterocycles. The summed E-state index contributed by atoms with van der Waals surface area (Å²) in [6, 6.07) is 3.29. The molecule has 1 fully saturated rings. The summed E-state index contributed by atoms with van der Waals surface area (Å²) in [5.74, 6) is 1.89. The minimum Gasteiger partial charge on any atom is -0.493 e. The number of rotatable bonds is 5. The van der Waals surface area contributed by atoms with Gasteiger partial charge in [-0.2, -0.15) is 0 Å². The van der Waals surface area contributed by atoms with Gasteiger partial charge in [0.05, 0.1) is 13.3 Å². The van der Waals surface area contributed by atoms with Gasteiger partial charge in [0.2, 0.25) is 0 Å². The van der Waals surface area contributed by atoms with E-state index < -0.39 is 12.5 Å². The normalized spacial score (nSPS) is 27.2. The molecule has 1 unspecified atom stereocenters. The third-order valence-electron chi connectivity index (χ3n) is 5.17. The lowest BCUT2D eigenvalue weighted by atomic mass is 9.83. The lowest BCUT2D eigenvalue weighted by Gasteiger charge is -2.27. The van der Waals surface area contributed by atoms with Crippen LogP contribution in [0, 0.1) is 17.7 Å². The molecule has 23 heavy (non-hydrogen) atoms. The van der Waals surface area contributed by atoms with E-state index in [1.54, 1.807) is 0 Å². The fourth-order valence-electron chi connectivity index (χ4n) is 3.60. The summed E-state index contributed by atoms with van der Waals surface area (Å²) in [5.41, 5.74) is 0.840. The van der Waals surface area contributed by atoms with Crippen molar-refractivity contribution in [1.82, 2.24) is 0 Å². The number of alkyl halides is 1. The highest BCUT2D eigenvalue weighted by Crippen LogP contribution is 2.35. The molecule has 0 N–H and O–H groups in total. The highest BCUT2D eigenvalue weighted by molar-refractivity contribution is 5.43. The molecular weight excluding hydrogens is 298 g/mol. The second-order valence-corrected chi connectivity index (χ2v) is 7.09. The average Bonchev–Trinajstić information content (AvgIpc) is 2.55. The molecule has 1 aromatic rings. The van der Waals surface area contributed by atoms with Crippen molar-refractivity contribution in [2.75, 3.05) is 13.3 Å². The fourth-order valence-corrected chi connectivity index (χ4v) is 3.60. The van der Waals surface area contributed by atoms with Gasteiger partial charge in [-0.1, -0.05) is 19.8 Å². The van der Waals surface area contributed by atoms with E-state index in [0.717, 1.165) is 24.3 Å². The summed E-state index contributed by atoms with van der Waals surface area (Å²) in [4.78, 5) is 0. The van der Waals surface area contributed by atoms with E-state index in [0.29, 0.717) is 24.7 Å². The summed E-state index contributed by atoms with van der Waals surface area (Å²) >= 11 is 0. The first-order valence-electron chi connectivity index (χ1n) is 8.83. The summed E-state index contributed by atoms with van der Waals surface area (Å²) in [5, 5.41) is 0. The van der Waals surface area contributed by atoms with Gasteiger partial charge in [0, 0.05) is 18.1 Å². The average molecular weight is 324 g/mol. The summed E-state index contributed by atoms with van der Waals surface area (Å²) < 4.78 is 38.1. The minimum atomic E-state index is -0.428. The van der Waals surface area contributed by atoms with E-state index in [1.807, 2.05) is 6.07 Å². The van der Waals surface area contributed by atoms with Crippen molar-refractivity contribution in [3.63, 3.8) is 0 Å². The van der Waals surface area contributed by atoms with Crippen LogP contribution in [-0.4, -0.2) is 19.4 Å². The molecule has 0 bridgehead atoms. The molecule has 4 heteroatoms. The Labute approximate surface area is 137 Å². The molecule has 1 saturated carbocycles. The zero-order valence-corrected chi connectivity index (χ0v) is 13.8. The molecule has 3 rings (SSSR count). The number of ether oxygens (including phenoxy) is 2. The van der Waals surface area contributed by atoms with Gasteiger partial charge in [-0.05, 0) is 43.6 Å². The monoisotopic (exact) mass is 324 g/mol. The predicted molar refractivity (Wildman–Crippen MR) is 86.3 cm³/mol. The Hall–Kier alpha value is -1.32. The maximum absolute atomic E-state index is 14.3. The Morgan fingerprint density at radius 3 is 2.70 bits per heavy atom. The minimum absolute atomic E-state index is 0.210. The van der Waals surface area contributed by atoms with Gasteiger partial charge in [-0.15, -0.1) is 0 Å². The number of benzene rings is 1. The van der Waals surface area contributed by atoms with E-state index in [4.69, 9.17) is 9.47 Å². The highest BCUT2D eigenvalue weighted by atomic mass is 19.1. The molecule has 1 aliphatic heterocycles. The lowest BCUT2D eigenvalue weighted by Crippen LogP contribution is -2.24. The van der Waals surface area contributed by atoms with Crippen molar-refractivity contribution in [3.8, 4) is 11.5 Å². The van der Waals surface area contributed by atoms with E-state index >= 15 is 0 Å².